The van der Waals surface area contributed by atoms with Gasteiger partial charge >= 0.3 is 0 Å². The maximum absolute atomic E-state index is 12.1. The van der Waals surface area contributed by atoms with Crippen molar-refractivity contribution < 1.29 is 14.4 Å². The van der Waals surface area contributed by atoms with Crippen LogP contribution in [0.15, 0.2) is 18.2 Å². The van der Waals surface area contributed by atoms with Crippen LogP contribution in [0, 0.1) is 6.92 Å². The number of quaternary nitrogens is 1. The van der Waals surface area contributed by atoms with E-state index >= 15 is 0 Å². The molecule has 0 aliphatic carbocycles. The Balaban J connectivity index is 1.92. The standard InChI is InChI=1S/C15H21ClN2O2/c1-10-6-13(16)4-5-14(10)17-15(19)9-18-7-11(2)20-12(3)8-18/h4-6,11-12H,7-9H2,1-3H3,(H,17,19)/p+1/t11-,12-/m1/s1. The van der Waals surface area contributed by atoms with E-state index in [0.717, 1.165) is 24.3 Å². The lowest BCUT2D eigenvalue weighted by Gasteiger charge is -2.31. The molecule has 1 amide bonds. The predicted molar refractivity (Wildman–Crippen MR) is 80.4 cm³/mol. The Morgan fingerprint density at radius 3 is 2.65 bits per heavy atom. The second kappa shape index (κ2) is 6.57. The van der Waals surface area contributed by atoms with Crippen molar-refractivity contribution in [3.05, 3.63) is 28.8 Å². The fourth-order valence-corrected chi connectivity index (χ4v) is 2.95. The number of rotatable bonds is 3. The second-order valence-electron chi connectivity index (χ2n) is 5.60. The summed E-state index contributed by atoms with van der Waals surface area (Å²) in [6.07, 6.45) is 0.414. The van der Waals surface area contributed by atoms with Crippen molar-refractivity contribution in [2.45, 2.75) is 33.0 Å². The summed E-state index contributed by atoms with van der Waals surface area (Å²) in [6, 6.07) is 5.48. The highest BCUT2D eigenvalue weighted by Gasteiger charge is 2.27. The summed E-state index contributed by atoms with van der Waals surface area (Å²) < 4.78 is 5.68. The van der Waals surface area contributed by atoms with Crippen LogP contribution in [0.1, 0.15) is 19.4 Å². The highest BCUT2D eigenvalue weighted by atomic mass is 35.5. The van der Waals surface area contributed by atoms with Crippen LogP contribution in [-0.2, 0) is 9.53 Å². The Labute approximate surface area is 125 Å². The Bertz CT molecular complexity index is 483. The fraction of sp³-hybridized carbons (Fsp3) is 0.533. The van der Waals surface area contributed by atoms with E-state index in [9.17, 15) is 4.79 Å². The van der Waals surface area contributed by atoms with Gasteiger partial charge in [-0.15, -0.1) is 0 Å². The third-order valence-electron chi connectivity index (χ3n) is 3.49. The number of nitrogens with one attached hydrogen (secondary N) is 2. The van der Waals surface area contributed by atoms with Crippen LogP contribution >= 0.6 is 11.6 Å². The van der Waals surface area contributed by atoms with Crippen molar-refractivity contribution in [3.63, 3.8) is 0 Å². The summed E-state index contributed by atoms with van der Waals surface area (Å²) in [5.41, 5.74) is 1.80. The Morgan fingerprint density at radius 1 is 1.40 bits per heavy atom. The number of aryl methyl sites for hydroxylation is 1. The molecule has 0 radical (unpaired) electrons. The molecular weight excluding hydrogens is 276 g/mol. The number of anilines is 1. The highest BCUT2D eigenvalue weighted by molar-refractivity contribution is 6.30. The number of amides is 1. The van der Waals surface area contributed by atoms with Crippen LogP contribution in [-0.4, -0.2) is 37.7 Å². The summed E-state index contributed by atoms with van der Waals surface area (Å²) >= 11 is 5.91. The molecular formula is C15H22ClN2O2+. The molecule has 0 spiro atoms. The number of hydrogen-bond donors (Lipinski definition) is 2. The number of ether oxygens (including phenoxy) is 1. The highest BCUT2D eigenvalue weighted by Crippen LogP contribution is 2.19. The van der Waals surface area contributed by atoms with Crippen molar-refractivity contribution in [1.82, 2.24) is 0 Å². The van der Waals surface area contributed by atoms with E-state index < -0.39 is 0 Å². The molecule has 0 unspecified atom stereocenters. The largest absolute Gasteiger partial charge is 0.364 e. The quantitative estimate of drug-likeness (QED) is 0.883. The van der Waals surface area contributed by atoms with Gasteiger partial charge in [-0.25, -0.2) is 0 Å². The molecule has 1 heterocycles. The average Bonchev–Trinajstić information content (AvgIpc) is 2.31. The zero-order valence-electron chi connectivity index (χ0n) is 12.2. The molecule has 2 N–H and O–H groups in total. The van der Waals surface area contributed by atoms with E-state index in [2.05, 4.69) is 19.2 Å². The van der Waals surface area contributed by atoms with E-state index in [-0.39, 0.29) is 18.1 Å². The average molecular weight is 298 g/mol. The molecule has 2 rings (SSSR count). The van der Waals surface area contributed by atoms with Crippen molar-refractivity contribution in [3.8, 4) is 0 Å². The van der Waals surface area contributed by atoms with Gasteiger partial charge in [-0.1, -0.05) is 11.6 Å². The number of benzene rings is 1. The Hall–Kier alpha value is -1.10. The van der Waals surface area contributed by atoms with Crippen LogP contribution in [0.4, 0.5) is 5.69 Å². The van der Waals surface area contributed by atoms with Gasteiger partial charge in [-0.2, -0.15) is 0 Å². The van der Waals surface area contributed by atoms with E-state index in [4.69, 9.17) is 16.3 Å². The maximum Gasteiger partial charge on any atom is 0.279 e. The van der Waals surface area contributed by atoms with Gasteiger partial charge in [-0.05, 0) is 44.5 Å². The van der Waals surface area contributed by atoms with E-state index in [1.165, 1.54) is 4.90 Å². The zero-order valence-corrected chi connectivity index (χ0v) is 13.0. The third kappa shape index (κ3) is 4.20. The fourth-order valence-electron chi connectivity index (χ4n) is 2.72. The molecule has 0 bridgehead atoms. The minimum absolute atomic E-state index is 0.0340. The second-order valence-corrected chi connectivity index (χ2v) is 6.04. The first-order valence-electron chi connectivity index (χ1n) is 6.99. The lowest BCUT2D eigenvalue weighted by Crippen LogP contribution is -3.16. The van der Waals surface area contributed by atoms with E-state index in [1.54, 1.807) is 6.07 Å². The maximum atomic E-state index is 12.1. The van der Waals surface area contributed by atoms with Crippen molar-refractivity contribution in [1.29, 1.82) is 0 Å². The molecule has 110 valence electrons. The minimum Gasteiger partial charge on any atom is -0.364 e. The monoisotopic (exact) mass is 297 g/mol. The van der Waals surface area contributed by atoms with Crippen molar-refractivity contribution >= 4 is 23.2 Å². The first-order chi connectivity index (χ1) is 9.44. The van der Waals surface area contributed by atoms with E-state index in [1.807, 2.05) is 19.1 Å². The first-order valence-corrected chi connectivity index (χ1v) is 7.37. The first kappa shape index (κ1) is 15.3. The number of hydrogen-bond acceptors (Lipinski definition) is 2. The summed E-state index contributed by atoms with van der Waals surface area (Å²) in [5, 5.41) is 3.64. The van der Waals surface area contributed by atoms with Gasteiger partial charge in [0, 0.05) is 10.7 Å². The Kier molecular flexibility index (Phi) is 5.02. The topological polar surface area (TPSA) is 42.8 Å². The van der Waals surface area contributed by atoms with Gasteiger partial charge in [0.2, 0.25) is 0 Å². The lowest BCUT2D eigenvalue weighted by atomic mass is 10.2. The van der Waals surface area contributed by atoms with Crippen molar-refractivity contribution in [2.24, 2.45) is 0 Å². The number of carbonyl (C=O) groups is 1. The summed E-state index contributed by atoms with van der Waals surface area (Å²) in [6.45, 7) is 8.26. The molecule has 1 aromatic carbocycles. The van der Waals surface area contributed by atoms with Crippen LogP contribution in [0.2, 0.25) is 5.02 Å². The van der Waals surface area contributed by atoms with Gasteiger partial charge < -0.3 is 15.0 Å². The van der Waals surface area contributed by atoms with Crippen LogP contribution in [0.5, 0.6) is 0 Å². The molecule has 1 aliphatic rings. The van der Waals surface area contributed by atoms with Crippen LogP contribution < -0.4 is 10.2 Å². The molecule has 1 saturated heterocycles. The van der Waals surface area contributed by atoms with E-state index in [0.29, 0.717) is 11.6 Å². The molecule has 2 atom stereocenters. The molecule has 20 heavy (non-hydrogen) atoms. The van der Waals surface area contributed by atoms with Gasteiger partial charge in [0.15, 0.2) is 6.54 Å². The molecule has 0 aromatic heterocycles. The lowest BCUT2D eigenvalue weighted by molar-refractivity contribution is -0.907. The molecule has 1 aromatic rings. The zero-order chi connectivity index (χ0) is 14.7. The molecule has 0 saturated carbocycles. The minimum atomic E-state index is 0.0340. The number of carbonyl (C=O) groups excluding carboxylic acids is 1. The van der Waals surface area contributed by atoms with Crippen LogP contribution in [0.25, 0.3) is 0 Å². The predicted octanol–water partition coefficient (Wildman–Crippen LogP) is 1.28. The number of halogens is 1. The molecule has 4 nitrogen and oxygen atoms in total. The van der Waals surface area contributed by atoms with Gasteiger partial charge in [0.25, 0.3) is 5.91 Å². The molecule has 1 aliphatic heterocycles. The summed E-state index contributed by atoms with van der Waals surface area (Å²) in [7, 11) is 0. The Morgan fingerprint density at radius 2 is 2.05 bits per heavy atom. The van der Waals surface area contributed by atoms with Crippen molar-refractivity contribution in [2.75, 3.05) is 25.0 Å². The molecule has 1 fully saturated rings. The summed E-state index contributed by atoms with van der Waals surface area (Å²) in [4.78, 5) is 13.4. The smallest absolute Gasteiger partial charge is 0.279 e. The van der Waals surface area contributed by atoms with Crippen LogP contribution in [0.3, 0.4) is 0 Å². The SMILES string of the molecule is Cc1cc(Cl)ccc1NC(=O)C[NH+]1C[C@@H](C)O[C@H](C)C1. The third-order valence-corrected chi connectivity index (χ3v) is 3.73. The molecule has 5 heteroatoms. The normalized spacial score (nSPS) is 26.3. The number of morpholine rings is 1. The summed E-state index contributed by atoms with van der Waals surface area (Å²) in [5.74, 6) is 0.0340. The van der Waals surface area contributed by atoms with Gasteiger partial charge in [0.1, 0.15) is 25.3 Å². The van der Waals surface area contributed by atoms with Gasteiger partial charge in [-0.3, -0.25) is 4.79 Å². The van der Waals surface area contributed by atoms with Gasteiger partial charge in [0.05, 0.1) is 0 Å².